The summed E-state index contributed by atoms with van der Waals surface area (Å²) in [5.41, 5.74) is 17.2. The van der Waals surface area contributed by atoms with Crippen molar-refractivity contribution in [2.24, 2.45) is 28.1 Å². The topological polar surface area (TPSA) is 285 Å². The number of rotatable bonds is 18. The Bertz CT molecular complexity index is 1150. The van der Waals surface area contributed by atoms with Crippen molar-refractivity contribution in [3.63, 3.8) is 0 Å². The van der Waals surface area contributed by atoms with Crippen molar-refractivity contribution in [2.75, 3.05) is 6.54 Å². The highest BCUT2D eigenvalue weighted by Gasteiger charge is 2.32. The second kappa shape index (κ2) is 18.3. The molecule has 6 atom stereocenters. The molecule has 0 aliphatic heterocycles. The SMILES string of the molecule is CC(C)C[C@H](NC(=O)[C@H](Cc1ccc(O)cc1)NC(=O)[C@@H](N)CCCN=C(N)N)C(=O)N[C@@H](C)C(=O)N[C@H](C(=O)O)[C@@H](C)O. The number of carbonyl (C=O) groups excluding carboxylic acids is 4. The lowest BCUT2D eigenvalue weighted by atomic mass is 10.0. The van der Waals surface area contributed by atoms with Gasteiger partial charge >= 0.3 is 5.97 Å². The van der Waals surface area contributed by atoms with Gasteiger partial charge in [0.1, 0.15) is 23.9 Å². The molecule has 0 aliphatic rings. The van der Waals surface area contributed by atoms with Crippen LogP contribution in [0.5, 0.6) is 5.75 Å². The van der Waals surface area contributed by atoms with Gasteiger partial charge in [0.15, 0.2) is 12.0 Å². The fourth-order valence-corrected chi connectivity index (χ4v) is 4.03. The van der Waals surface area contributed by atoms with E-state index in [0.717, 1.165) is 0 Å². The molecular weight excluding hydrogens is 576 g/mol. The highest BCUT2D eigenvalue weighted by molar-refractivity contribution is 5.95. The summed E-state index contributed by atoms with van der Waals surface area (Å²) >= 11 is 0. The molecule has 0 aromatic heterocycles. The molecule has 246 valence electrons. The molecule has 0 bridgehead atoms. The number of hydrogen-bond acceptors (Lipinski definition) is 9. The number of aromatic hydroxyl groups is 1. The summed E-state index contributed by atoms with van der Waals surface area (Å²) in [5, 5.41) is 38.4. The van der Waals surface area contributed by atoms with Crippen LogP contribution in [0.1, 0.15) is 52.5 Å². The fraction of sp³-hybridized carbons (Fsp3) is 0.571. The maximum Gasteiger partial charge on any atom is 0.328 e. The molecule has 0 heterocycles. The van der Waals surface area contributed by atoms with Gasteiger partial charge in [-0.15, -0.1) is 0 Å². The number of hydrogen-bond donors (Lipinski definition) is 10. The normalized spacial score (nSPS) is 15.1. The molecule has 16 heteroatoms. The van der Waals surface area contributed by atoms with Crippen LogP contribution in [-0.2, 0) is 30.4 Å². The Kier molecular flexibility index (Phi) is 15.6. The number of carboxylic acids is 1. The van der Waals surface area contributed by atoms with Gasteiger partial charge in [-0.1, -0.05) is 26.0 Å². The number of carbonyl (C=O) groups is 5. The number of aliphatic carboxylic acids is 1. The van der Waals surface area contributed by atoms with Gasteiger partial charge in [-0.25, -0.2) is 4.79 Å². The van der Waals surface area contributed by atoms with E-state index in [1.165, 1.54) is 26.0 Å². The number of nitrogens with zero attached hydrogens (tertiary/aromatic N) is 1. The lowest BCUT2D eigenvalue weighted by Gasteiger charge is -2.26. The molecule has 1 aromatic carbocycles. The summed E-state index contributed by atoms with van der Waals surface area (Å²) < 4.78 is 0. The van der Waals surface area contributed by atoms with E-state index in [9.17, 15) is 39.3 Å². The average molecular weight is 623 g/mol. The maximum absolute atomic E-state index is 13.5. The average Bonchev–Trinajstić information content (AvgIpc) is 2.93. The Morgan fingerprint density at radius 2 is 1.41 bits per heavy atom. The Morgan fingerprint density at radius 3 is 1.93 bits per heavy atom. The molecule has 16 nitrogen and oxygen atoms in total. The van der Waals surface area contributed by atoms with Gasteiger partial charge in [-0.2, -0.15) is 0 Å². The Labute approximate surface area is 256 Å². The van der Waals surface area contributed by atoms with Crippen molar-refractivity contribution in [2.45, 2.75) is 89.7 Å². The molecule has 0 fully saturated rings. The van der Waals surface area contributed by atoms with Gasteiger partial charge in [-0.3, -0.25) is 24.2 Å². The van der Waals surface area contributed by atoms with E-state index >= 15 is 0 Å². The van der Waals surface area contributed by atoms with Crippen molar-refractivity contribution < 1.29 is 39.3 Å². The van der Waals surface area contributed by atoms with Crippen LogP contribution in [0, 0.1) is 5.92 Å². The summed E-state index contributed by atoms with van der Waals surface area (Å²) in [4.78, 5) is 67.3. The minimum Gasteiger partial charge on any atom is -0.508 e. The molecule has 1 rings (SSSR count). The smallest absolute Gasteiger partial charge is 0.328 e. The Hall–Kier alpha value is -4.44. The van der Waals surface area contributed by atoms with E-state index in [4.69, 9.17) is 17.2 Å². The van der Waals surface area contributed by atoms with Crippen LogP contribution in [0.4, 0.5) is 0 Å². The van der Waals surface area contributed by atoms with Crippen molar-refractivity contribution in [1.29, 1.82) is 0 Å². The van der Waals surface area contributed by atoms with Gasteiger partial charge in [0, 0.05) is 13.0 Å². The van der Waals surface area contributed by atoms with Crippen molar-refractivity contribution in [3.8, 4) is 5.75 Å². The summed E-state index contributed by atoms with van der Waals surface area (Å²) in [5.74, 6) is -4.49. The highest BCUT2D eigenvalue weighted by atomic mass is 16.4. The number of amides is 4. The van der Waals surface area contributed by atoms with Crippen LogP contribution in [-0.4, -0.2) is 93.7 Å². The maximum atomic E-state index is 13.5. The number of benzene rings is 1. The number of carboxylic acid groups (broad SMARTS) is 1. The zero-order chi connectivity index (χ0) is 33.6. The molecular formula is C28H46N8O8. The molecule has 44 heavy (non-hydrogen) atoms. The van der Waals surface area contributed by atoms with Gasteiger partial charge < -0.3 is 53.8 Å². The third kappa shape index (κ3) is 13.7. The van der Waals surface area contributed by atoms with E-state index in [0.29, 0.717) is 12.0 Å². The number of aliphatic hydroxyl groups is 1. The van der Waals surface area contributed by atoms with Gasteiger partial charge in [0.05, 0.1) is 12.1 Å². The molecule has 0 aliphatic carbocycles. The number of nitrogens with one attached hydrogen (secondary N) is 4. The first-order chi connectivity index (χ1) is 20.5. The third-order valence-corrected chi connectivity index (χ3v) is 6.45. The van der Waals surface area contributed by atoms with Crippen LogP contribution >= 0.6 is 0 Å². The standard InChI is InChI=1S/C28H46N8O8/c1-14(2)12-20(25(41)33-15(3)23(39)36-22(16(4)37)27(43)44)35-26(42)21(13-17-7-9-18(38)10-8-17)34-24(40)19(29)6-5-11-32-28(30)31/h7-10,14-16,19-22,37-38H,5-6,11-13,29H2,1-4H3,(H,33,41)(H,34,40)(H,35,42)(H,36,39)(H,43,44)(H4,30,31,32)/t15-,16+,19-,20-,21-,22-/m0/s1. The minimum atomic E-state index is -1.59. The van der Waals surface area contributed by atoms with Crippen LogP contribution in [0.25, 0.3) is 0 Å². The minimum absolute atomic E-state index is 0.00329. The zero-order valence-electron chi connectivity index (χ0n) is 25.4. The molecule has 0 radical (unpaired) electrons. The van der Waals surface area contributed by atoms with E-state index in [-0.39, 0.29) is 43.4 Å². The van der Waals surface area contributed by atoms with E-state index in [1.807, 2.05) is 13.8 Å². The second-order valence-electron chi connectivity index (χ2n) is 11.0. The highest BCUT2D eigenvalue weighted by Crippen LogP contribution is 2.13. The number of aliphatic imine (C=N–C) groups is 1. The fourth-order valence-electron chi connectivity index (χ4n) is 4.03. The summed E-state index contributed by atoms with van der Waals surface area (Å²) in [6.07, 6.45) is -0.579. The van der Waals surface area contributed by atoms with E-state index < -0.39 is 65.9 Å². The van der Waals surface area contributed by atoms with Crippen molar-refractivity contribution in [3.05, 3.63) is 29.8 Å². The molecule has 13 N–H and O–H groups in total. The number of phenolic OH excluding ortho intramolecular Hbond substituents is 1. The van der Waals surface area contributed by atoms with Crippen LogP contribution in [0.15, 0.2) is 29.3 Å². The number of aliphatic hydroxyl groups excluding tert-OH is 1. The van der Waals surface area contributed by atoms with Crippen molar-refractivity contribution in [1.82, 2.24) is 21.3 Å². The van der Waals surface area contributed by atoms with Crippen LogP contribution < -0.4 is 38.5 Å². The lowest BCUT2D eigenvalue weighted by molar-refractivity contribution is -0.145. The van der Waals surface area contributed by atoms with Gasteiger partial charge in [-0.05, 0) is 56.7 Å². The number of guanidine groups is 1. The number of phenols is 1. The molecule has 1 aromatic rings. The molecule has 0 saturated heterocycles. The summed E-state index contributed by atoms with van der Waals surface area (Å²) in [6, 6.07) is -0.0666. The largest absolute Gasteiger partial charge is 0.508 e. The summed E-state index contributed by atoms with van der Waals surface area (Å²) in [7, 11) is 0. The molecule has 0 saturated carbocycles. The quantitative estimate of drug-likeness (QED) is 0.0475. The first kappa shape index (κ1) is 37.6. The predicted octanol–water partition coefficient (Wildman–Crippen LogP) is -2.21. The first-order valence-electron chi connectivity index (χ1n) is 14.2. The van der Waals surface area contributed by atoms with Crippen LogP contribution in [0.2, 0.25) is 0 Å². The summed E-state index contributed by atoms with van der Waals surface area (Å²) in [6.45, 7) is 6.42. The number of nitrogens with two attached hydrogens (primary N) is 3. The first-order valence-corrected chi connectivity index (χ1v) is 14.2. The zero-order valence-corrected chi connectivity index (χ0v) is 25.4. The van der Waals surface area contributed by atoms with Gasteiger partial charge in [0.25, 0.3) is 0 Å². The lowest BCUT2D eigenvalue weighted by Crippen LogP contribution is -2.59. The van der Waals surface area contributed by atoms with Crippen LogP contribution in [0.3, 0.4) is 0 Å². The molecule has 0 unspecified atom stereocenters. The van der Waals surface area contributed by atoms with E-state index in [1.54, 1.807) is 12.1 Å². The molecule has 4 amide bonds. The second-order valence-corrected chi connectivity index (χ2v) is 11.0. The third-order valence-electron chi connectivity index (χ3n) is 6.45. The predicted molar refractivity (Wildman–Crippen MR) is 162 cm³/mol. The molecule has 0 spiro atoms. The van der Waals surface area contributed by atoms with E-state index in [2.05, 4.69) is 26.3 Å². The van der Waals surface area contributed by atoms with Gasteiger partial charge in [0.2, 0.25) is 23.6 Å². The Morgan fingerprint density at radius 1 is 0.841 bits per heavy atom. The Balaban J connectivity index is 3.08. The monoisotopic (exact) mass is 622 g/mol. The van der Waals surface area contributed by atoms with Crippen molar-refractivity contribution >= 4 is 35.6 Å².